The number of likely N-dealkylation sites (N-methyl/N-ethyl adjacent to an activating group) is 2. The van der Waals surface area contributed by atoms with Crippen molar-refractivity contribution in [2.45, 2.75) is 12.6 Å². The Morgan fingerprint density at radius 2 is 2.09 bits per heavy atom. The lowest BCUT2D eigenvalue weighted by molar-refractivity contribution is -0.123. The van der Waals surface area contributed by atoms with Crippen molar-refractivity contribution in [1.82, 2.24) is 25.3 Å². The molecule has 1 atom stereocenters. The molecular weight excluding hydrogens is 290 g/mol. The van der Waals surface area contributed by atoms with Crippen LogP contribution < -0.4 is 10.6 Å². The highest BCUT2D eigenvalue weighted by Gasteiger charge is 2.19. The summed E-state index contributed by atoms with van der Waals surface area (Å²) < 4.78 is 1.70. The highest BCUT2D eigenvalue weighted by Crippen LogP contribution is 2.10. The van der Waals surface area contributed by atoms with Gasteiger partial charge >= 0.3 is 0 Å². The Labute approximate surface area is 137 Å². The van der Waals surface area contributed by atoms with Crippen LogP contribution in [0.5, 0.6) is 0 Å². The fourth-order valence-electron chi connectivity index (χ4n) is 2.48. The second-order valence-corrected chi connectivity index (χ2v) is 5.68. The predicted octanol–water partition coefficient (Wildman–Crippen LogP) is 0.929. The summed E-state index contributed by atoms with van der Waals surface area (Å²) in [7, 11) is 5.67. The molecule has 0 radical (unpaired) electrons. The second kappa shape index (κ2) is 8.45. The molecule has 0 aliphatic rings. The third-order valence-electron chi connectivity index (χ3n) is 3.70. The number of aryl methyl sites for hydroxylation is 1. The summed E-state index contributed by atoms with van der Waals surface area (Å²) in [6.45, 7) is 2.28. The van der Waals surface area contributed by atoms with Crippen molar-refractivity contribution in [2.24, 2.45) is 7.05 Å². The maximum Gasteiger partial charge on any atom is 0.241 e. The van der Waals surface area contributed by atoms with Crippen molar-refractivity contribution >= 4 is 5.91 Å². The van der Waals surface area contributed by atoms with Gasteiger partial charge in [0.25, 0.3) is 0 Å². The number of aromatic nitrogens is 2. The number of carbonyl (C=O) groups excluding carboxylic acids is 1. The molecule has 6 heteroatoms. The van der Waals surface area contributed by atoms with E-state index in [1.807, 2.05) is 31.4 Å². The molecule has 0 aliphatic heterocycles. The Hall–Kier alpha value is -2.18. The molecule has 0 spiro atoms. The summed E-state index contributed by atoms with van der Waals surface area (Å²) in [5, 5.41) is 10.1. The first-order chi connectivity index (χ1) is 11.1. The van der Waals surface area contributed by atoms with Gasteiger partial charge in [-0.15, -0.1) is 0 Å². The van der Waals surface area contributed by atoms with E-state index in [1.165, 1.54) is 5.56 Å². The summed E-state index contributed by atoms with van der Waals surface area (Å²) in [5.74, 6) is -0.0337. The van der Waals surface area contributed by atoms with E-state index in [-0.39, 0.29) is 11.9 Å². The van der Waals surface area contributed by atoms with Gasteiger partial charge < -0.3 is 15.5 Å². The van der Waals surface area contributed by atoms with Crippen LogP contribution in [0.3, 0.4) is 0 Å². The second-order valence-electron chi connectivity index (χ2n) is 5.68. The van der Waals surface area contributed by atoms with Crippen LogP contribution in [0, 0.1) is 0 Å². The maximum atomic E-state index is 12.3. The Morgan fingerprint density at radius 3 is 2.70 bits per heavy atom. The molecule has 0 saturated carbocycles. The molecular formula is C17H25N5O. The van der Waals surface area contributed by atoms with Crippen molar-refractivity contribution in [3.05, 3.63) is 53.9 Å². The van der Waals surface area contributed by atoms with Crippen LogP contribution in [0.25, 0.3) is 0 Å². The van der Waals surface area contributed by atoms with E-state index in [0.29, 0.717) is 6.54 Å². The molecule has 1 heterocycles. The van der Waals surface area contributed by atoms with Gasteiger partial charge in [0, 0.05) is 38.4 Å². The first-order valence-corrected chi connectivity index (χ1v) is 7.76. The van der Waals surface area contributed by atoms with E-state index in [1.54, 1.807) is 17.9 Å². The fraction of sp³-hybridized carbons (Fsp3) is 0.412. The molecule has 6 nitrogen and oxygen atoms in total. The zero-order valence-corrected chi connectivity index (χ0v) is 14.0. The number of hydrogen-bond acceptors (Lipinski definition) is 4. The quantitative estimate of drug-likeness (QED) is 0.761. The summed E-state index contributed by atoms with van der Waals surface area (Å²) in [5.41, 5.74) is 2.13. The standard InChI is InChI=1S/C17H25N5O/c1-18-16(15-11-20-22(3)13-15)17(23)19-9-10-21(2)12-14-7-5-4-6-8-14/h4-8,11,13,16,18H,9-10,12H2,1-3H3,(H,19,23). The number of nitrogens with one attached hydrogen (secondary N) is 2. The molecule has 0 saturated heterocycles. The smallest absolute Gasteiger partial charge is 0.241 e. The Morgan fingerprint density at radius 1 is 1.35 bits per heavy atom. The van der Waals surface area contributed by atoms with Gasteiger partial charge in [-0.1, -0.05) is 30.3 Å². The van der Waals surface area contributed by atoms with Gasteiger partial charge in [0.2, 0.25) is 5.91 Å². The lowest BCUT2D eigenvalue weighted by Crippen LogP contribution is -2.39. The van der Waals surface area contributed by atoms with E-state index in [9.17, 15) is 4.79 Å². The summed E-state index contributed by atoms with van der Waals surface area (Å²) in [6, 6.07) is 9.93. The van der Waals surface area contributed by atoms with Crippen LogP contribution in [0.1, 0.15) is 17.2 Å². The van der Waals surface area contributed by atoms with Gasteiger partial charge in [-0.25, -0.2) is 0 Å². The Bertz CT molecular complexity index is 610. The minimum atomic E-state index is -0.372. The number of nitrogens with zero attached hydrogens (tertiary/aromatic N) is 3. The van der Waals surface area contributed by atoms with Crippen molar-refractivity contribution < 1.29 is 4.79 Å². The molecule has 124 valence electrons. The topological polar surface area (TPSA) is 62.2 Å². The van der Waals surface area contributed by atoms with Gasteiger partial charge in [0.1, 0.15) is 6.04 Å². The first kappa shape index (κ1) is 17.2. The van der Waals surface area contributed by atoms with Crippen LogP contribution in [-0.2, 0) is 18.4 Å². The highest BCUT2D eigenvalue weighted by atomic mass is 16.2. The van der Waals surface area contributed by atoms with Gasteiger partial charge in [0.05, 0.1) is 6.20 Å². The maximum absolute atomic E-state index is 12.3. The van der Waals surface area contributed by atoms with E-state index >= 15 is 0 Å². The number of hydrogen-bond donors (Lipinski definition) is 2. The normalized spacial score (nSPS) is 12.3. The molecule has 0 bridgehead atoms. The third-order valence-corrected chi connectivity index (χ3v) is 3.70. The molecule has 1 unspecified atom stereocenters. The van der Waals surface area contributed by atoms with Gasteiger partial charge in [-0.05, 0) is 19.7 Å². The van der Waals surface area contributed by atoms with Crippen LogP contribution in [-0.4, -0.2) is 47.8 Å². The van der Waals surface area contributed by atoms with E-state index in [2.05, 4.69) is 39.8 Å². The number of carbonyl (C=O) groups is 1. The average molecular weight is 315 g/mol. The molecule has 0 fully saturated rings. The zero-order chi connectivity index (χ0) is 16.7. The van der Waals surface area contributed by atoms with E-state index < -0.39 is 0 Å². The van der Waals surface area contributed by atoms with Crippen LogP contribution >= 0.6 is 0 Å². The fourth-order valence-corrected chi connectivity index (χ4v) is 2.48. The molecule has 1 aromatic heterocycles. The largest absolute Gasteiger partial charge is 0.353 e. The van der Waals surface area contributed by atoms with E-state index in [4.69, 9.17) is 0 Å². The average Bonchev–Trinajstić information content (AvgIpc) is 2.95. The van der Waals surface area contributed by atoms with Gasteiger partial charge in [-0.2, -0.15) is 5.10 Å². The predicted molar refractivity (Wildman–Crippen MR) is 90.8 cm³/mol. The van der Waals surface area contributed by atoms with Gasteiger partial charge in [-0.3, -0.25) is 9.48 Å². The summed E-state index contributed by atoms with van der Waals surface area (Å²) in [4.78, 5) is 14.5. The van der Waals surface area contributed by atoms with Crippen molar-refractivity contribution in [3.63, 3.8) is 0 Å². The Kier molecular flexibility index (Phi) is 6.31. The van der Waals surface area contributed by atoms with Crippen LogP contribution in [0.15, 0.2) is 42.7 Å². The summed E-state index contributed by atoms with van der Waals surface area (Å²) in [6.07, 6.45) is 3.56. The first-order valence-electron chi connectivity index (χ1n) is 7.76. The summed E-state index contributed by atoms with van der Waals surface area (Å²) >= 11 is 0. The highest BCUT2D eigenvalue weighted by molar-refractivity contribution is 5.82. The zero-order valence-electron chi connectivity index (χ0n) is 14.0. The van der Waals surface area contributed by atoms with Crippen molar-refractivity contribution in [1.29, 1.82) is 0 Å². The molecule has 1 amide bonds. The number of rotatable bonds is 8. The van der Waals surface area contributed by atoms with Crippen molar-refractivity contribution in [3.8, 4) is 0 Å². The molecule has 0 aliphatic carbocycles. The molecule has 2 aromatic rings. The minimum absolute atomic E-state index is 0.0337. The molecule has 23 heavy (non-hydrogen) atoms. The molecule has 1 aromatic carbocycles. The van der Waals surface area contributed by atoms with E-state index in [0.717, 1.165) is 18.7 Å². The lowest BCUT2D eigenvalue weighted by atomic mass is 10.1. The number of benzene rings is 1. The Balaban J connectivity index is 1.77. The third kappa shape index (κ3) is 5.19. The molecule has 2 rings (SSSR count). The molecule has 2 N–H and O–H groups in total. The van der Waals surface area contributed by atoms with Crippen LogP contribution in [0.2, 0.25) is 0 Å². The van der Waals surface area contributed by atoms with Gasteiger partial charge in [0.15, 0.2) is 0 Å². The minimum Gasteiger partial charge on any atom is -0.353 e. The number of amides is 1. The SMILES string of the molecule is CNC(C(=O)NCCN(C)Cc1ccccc1)c1cnn(C)c1. The monoisotopic (exact) mass is 315 g/mol. The lowest BCUT2D eigenvalue weighted by Gasteiger charge is -2.19. The van der Waals surface area contributed by atoms with Crippen LogP contribution in [0.4, 0.5) is 0 Å². The van der Waals surface area contributed by atoms with Crippen molar-refractivity contribution in [2.75, 3.05) is 27.2 Å².